The molecule has 1 aliphatic carbocycles. The van der Waals surface area contributed by atoms with Crippen LogP contribution < -0.4 is 15.6 Å². The Morgan fingerprint density at radius 3 is 3.04 bits per heavy atom. The topological polar surface area (TPSA) is 84.1 Å². The van der Waals surface area contributed by atoms with Crippen molar-refractivity contribution in [3.05, 3.63) is 51.4 Å². The van der Waals surface area contributed by atoms with Gasteiger partial charge in [0.05, 0.1) is 18.6 Å². The molecule has 25 heavy (non-hydrogen) atoms. The van der Waals surface area contributed by atoms with E-state index in [1.165, 1.54) is 11.8 Å². The first-order chi connectivity index (χ1) is 12.2. The van der Waals surface area contributed by atoms with Gasteiger partial charge in [-0.05, 0) is 43.4 Å². The highest BCUT2D eigenvalue weighted by molar-refractivity contribution is 7.99. The van der Waals surface area contributed by atoms with Crippen molar-refractivity contribution in [1.82, 2.24) is 15.3 Å². The minimum Gasteiger partial charge on any atom is -0.497 e. The summed E-state index contributed by atoms with van der Waals surface area (Å²) >= 11 is 1.25. The van der Waals surface area contributed by atoms with Gasteiger partial charge in [0, 0.05) is 12.1 Å². The van der Waals surface area contributed by atoms with Crippen molar-refractivity contribution in [1.29, 1.82) is 0 Å². The number of thioether (sulfide) groups is 1. The maximum atomic E-state index is 12.1. The number of aromatic amines is 1. The molecule has 0 bridgehead atoms. The molecule has 0 saturated heterocycles. The number of nitrogens with zero attached hydrogens (tertiary/aromatic N) is 1. The van der Waals surface area contributed by atoms with E-state index < -0.39 is 0 Å². The quantitative estimate of drug-likeness (QED) is 0.609. The van der Waals surface area contributed by atoms with Gasteiger partial charge in [-0.25, -0.2) is 4.98 Å². The first kappa shape index (κ1) is 17.5. The second-order valence-electron chi connectivity index (χ2n) is 5.92. The number of ether oxygens (including phenoxy) is 1. The molecule has 0 aliphatic heterocycles. The van der Waals surface area contributed by atoms with Gasteiger partial charge in [0.1, 0.15) is 5.75 Å². The Bertz CT molecular complexity index is 819. The van der Waals surface area contributed by atoms with Gasteiger partial charge in [-0.1, -0.05) is 23.9 Å². The number of nitrogens with one attached hydrogen (secondary N) is 2. The lowest BCUT2D eigenvalue weighted by Crippen LogP contribution is -2.25. The van der Waals surface area contributed by atoms with Crippen molar-refractivity contribution in [3.63, 3.8) is 0 Å². The van der Waals surface area contributed by atoms with Crippen molar-refractivity contribution < 1.29 is 9.53 Å². The molecule has 1 aromatic carbocycles. The van der Waals surface area contributed by atoms with Crippen molar-refractivity contribution in [2.24, 2.45) is 0 Å². The summed E-state index contributed by atoms with van der Waals surface area (Å²) in [5, 5.41) is 3.38. The van der Waals surface area contributed by atoms with E-state index in [1.807, 2.05) is 24.3 Å². The average Bonchev–Trinajstić information content (AvgIpc) is 2.65. The van der Waals surface area contributed by atoms with E-state index in [4.69, 9.17) is 4.74 Å². The lowest BCUT2D eigenvalue weighted by molar-refractivity contribution is -0.118. The standard InChI is InChI=1S/C18H21N3O3S/c1-24-13-6-4-5-12(9-13)10-19-16(22)11-25-18-20-15-8-3-2-7-14(15)17(23)21-18/h4-6,9H,2-3,7-8,10-11H2,1H3,(H,19,22)(H,20,21,23). The molecule has 0 fully saturated rings. The molecular weight excluding hydrogens is 338 g/mol. The molecule has 1 amide bonds. The smallest absolute Gasteiger partial charge is 0.254 e. The van der Waals surface area contributed by atoms with Crippen LogP contribution in [0.15, 0.2) is 34.2 Å². The molecule has 2 N–H and O–H groups in total. The van der Waals surface area contributed by atoms with Gasteiger partial charge in [-0.2, -0.15) is 0 Å². The van der Waals surface area contributed by atoms with Crippen molar-refractivity contribution in [3.8, 4) is 5.75 Å². The molecule has 1 heterocycles. The molecule has 7 heteroatoms. The maximum Gasteiger partial charge on any atom is 0.254 e. The first-order valence-electron chi connectivity index (χ1n) is 8.30. The van der Waals surface area contributed by atoms with E-state index in [0.717, 1.165) is 48.3 Å². The molecule has 0 spiro atoms. The number of carbonyl (C=O) groups is 1. The van der Waals surface area contributed by atoms with Gasteiger partial charge in [0.15, 0.2) is 5.16 Å². The number of carbonyl (C=O) groups excluding carboxylic acids is 1. The third-order valence-electron chi connectivity index (χ3n) is 4.13. The van der Waals surface area contributed by atoms with Crippen LogP contribution in [0.4, 0.5) is 0 Å². The number of aryl methyl sites for hydroxylation is 1. The van der Waals surface area contributed by atoms with Crippen molar-refractivity contribution >= 4 is 17.7 Å². The highest BCUT2D eigenvalue weighted by Crippen LogP contribution is 2.19. The fraction of sp³-hybridized carbons (Fsp3) is 0.389. The lowest BCUT2D eigenvalue weighted by atomic mass is 9.97. The van der Waals surface area contributed by atoms with Crippen molar-refractivity contribution in [2.45, 2.75) is 37.4 Å². The van der Waals surface area contributed by atoms with Crippen LogP contribution in [0.5, 0.6) is 5.75 Å². The molecule has 0 unspecified atom stereocenters. The first-order valence-corrected chi connectivity index (χ1v) is 9.29. The van der Waals surface area contributed by atoms with Crippen LogP contribution in [0.1, 0.15) is 29.7 Å². The summed E-state index contributed by atoms with van der Waals surface area (Å²) in [6.45, 7) is 0.435. The molecule has 0 atom stereocenters. The van der Waals surface area contributed by atoms with Crippen LogP contribution in [0.3, 0.4) is 0 Å². The van der Waals surface area contributed by atoms with E-state index in [2.05, 4.69) is 15.3 Å². The molecule has 2 aromatic rings. The highest BCUT2D eigenvalue weighted by Gasteiger charge is 2.16. The number of rotatable bonds is 6. The van der Waals surface area contributed by atoms with Crippen LogP contribution in [0.2, 0.25) is 0 Å². The third-order valence-corrected chi connectivity index (χ3v) is 5.01. The predicted octanol–water partition coefficient (Wildman–Crippen LogP) is 2.07. The number of benzene rings is 1. The fourth-order valence-corrected chi connectivity index (χ4v) is 3.53. The van der Waals surface area contributed by atoms with Gasteiger partial charge < -0.3 is 15.0 Å². The van der Waals surface area contributed by atoms with E-state index in [9.17, 15) is 9.59 Å². The largest absolute Gasteiger partial charge is 0.497 e. The Kier molecular flexibility index (Phi) is 5.75. The molecule has 6 nitrogen and oxygen atoms in total. The molecule has 1 aliphatic rings. The summed E-state index contributed by atoms with van der Waals surface area (Å²) in [6.07, 6.45) is 3.74. The number of amides is 1. The van der Waals surface area contributed by atoms with E-state index in [-0.39, 0.29) is 17.2 Å². The third kappa shape index (κ3) is 4.63. The molecule has 3 rings (SSSR count). The Morgan fingerprint density at radius 1 is 1.36 bits per heavy atom. The van der Waals surface area contributed by atoms with Crippen LogP contribution in [0.25, 0.3) is 0 Å². The SMILES string of the molecule is COc1cccc(CNC(=O)CSc2nc3c(c(=O)[nH]2)CCCC3)c1. The van der Waals surface area contributed by atoms with Gasteiger partial charge in [-0.3, -0.25) is 9.59 Å². The summed E-state index contributed by atoms with van der Waals surface area (Å²) < 4.78 is 5.16. The maximum absolute atomic E-state index is 12.1. The second kappa shape index (κ2) is 8.20. The average molecular weight is 359 g/mol. The van der Waals surface area contributed by atoms with Gasteiger partial charge in [0.25, 0.3) is 5.56 Å². The van der Waals surface area contributed by atoms with Gasteiger partial charge >= 0.3 is 0 Å². The van der Waals surface area contributed by atoms with Gasteiger partial charge in [-0.15, -0.1) is 0 Å². The summed E-state index contributed by atoms with van der Waals surface area (Å²) in [6, 6.07) is 7.56. The summed E-state index contributed by atoms with van der Waals surface area (Å²) in [7, 11) is 1.61. The molecule has 0 radical (unpaired) electrons. The zero-order chi connectivity index (χ0) is 17.6. The highest BCUT2D eigenvalue weighted by atomic mass is 32.2. The summed E-state index contributed by atoms with van der Waals surface area (Å²) in [5.74, 6) is 0.872. The zero-order valence-electron chi connectivity index (χ0n) is 14.1. The molecule has 132 valence electrons. The van der Waals surface area contributed by atoms with Crippen LogP contribution in [-0.4, -0.2) is 28.7 Å². The summed E-state index contributed by atoms with van der Waals surface area (Å²) in [5.41, 5.74) is 2.59. The number of aromatic nitrogens is 2. The zero-order valence-corrected chi connectivity index (χ0v) is 14.9. The predicted molar refractivity (Wildman–Crippen MR) is 97.1 cm³/mol. The minimum absolute atomic E-state index is 0.0658. The molecule has 0 saturated carbocycles. The Morgan fingerprint density at radius 2 is 2.20 bits per heavy atom. The number of H-pyrrole nitrogens is 1. The van der Waals surface area contributed by atoms with Crippen LogP contribution >= 0.6 is 11.8 Å². The number of hydrogen-bond acceptors (Lipinski definition) is 5. The van der Waals surface area contributed by atoms with Crippen LogP contribution in [0, 0.1) is 0 Å². The minimum atomic E-state index is -0.104. The Hall–Kier alpha value is -2.28. The number of fused-ring (bicyclic) bond motifs is 1. The summed E-state index contributed by atoms with van der Waals surface area (Å²) in [4.78, 5) is 31.4. The van der Waals surface area contributed by atoms with Crippen molar-refractivity contribution in [2.75, 3.05) is 12.9 Å². The fourth-order valence-electron chi connectivity index (χ4n) is 2.82. The normalized spacial score (nSPS) is 13.2. The van der Waals surface area contributed by atoms with Crippen LogP contribution in [-0.2, 0) is 24.2 Å². The Balaban J connectivity index is 1.54. The monoisotopic (exact) mass is 359 g/mol. The van der Waals surface area contributed by atoms with E-state index in [0.29, 0.717) is 11.7 Å². The number of methoxy groups -OCH3 is 1. The Labute approximate surface area is 150 Å². The van der Waals surface area contributed by atoms with Gasteiger partial charge in [0.2, 0.25) is 5.91 Å². The second-order valence-corrected chi connectivity index (χ2v) is 6.88. The van der Waals surface area contributed by atoms with E-state index >= 15 is 0 Å². The van der Waals surface area contributed by atoms with E-state index in [1.54, 1.807) is 7.11 Å². The molecular formula is C18H21N3O3S. The number of hydrogen-bond donors (Lipinski definition) is 2. The lowest BCUT2D eigenvalue weighted by Gasteiger charge is -2.14. The molecule has 1 aromatic heterocycles.